The molecule has 4 rings (SSSR count). The van der Waals surface area contributed by atoms with Crippen molar-refractivity contribution in [2.45, 2.75) is 64.1 Å². The molecule has 1 aromatic rings. The first kappa shape index (κ1) is 20.8. The molecule has 3 saturated heterocycles. The Bertz CT molecular complexity index is 658. The van der Waals surface area contributed by atoms with Crippen LogP contribution in [0.2, 0.25) is 0 Å². The summed E-state index contributed by atoms with van der Waals surface area (Å²) >= 11 is 0. The Labute approximate surface area is 175 Å². The van der Waals surface area contributed by atoms with Gasteiger partial charge >= 0.3 is 0 Å². The zero-order valence-corrected chi connectivity index (χ0v) is 17.9. The number of benzene rings is 1. The predicted octanol–water partition coefficient (Wildman–Crippen LogP) is 2.97. The van der Waals surface area contributed by atoms with Crippen molar-refractivity contribution in [2.24, 2.45) is 5.92 Å². The van der Waals surface area contributed by atoms with Gasteiger partial charge in [-0.15, -0.1) is 0 Å². The van der Waals surface area contributed by atoms with E-state index in [1.807, 2.05) is 0 Å². The van der Waals surface area contributed by atoms with Crippen LogP contribution >= 0.6 is 0 Å². The first-order valence-electron chi connectivity index (χ1n) is 11.6. The lowest BCUT2D eigenvalue weighted by Crippen LogP contribution is -2.50. The number of aryl methyl sites for hydroxylation is 1. The molecule has 5 nitrogen and oxygen atoms in total. The number of rotatable bonds is 5. The number of ether oxygens (including phenoxy) is 1. The molecule has 160 valence electrons. The number of nitrogens with one attached hydrogen (secondary N) is 1. The van der Waals surface area contributed by atoms with Gasteiger partial charge in [0.15, 0.2) is 0 Å². The van der Waals surface area contributed by atoms with Gasteiger partial charge in [0.05, 0.1) is 0 Å². The molecule has 3 aliphatic rings. The molecular formula is C24H37N3O2. The van der Waals surface area contributed by atoms with Gasteiger partial charge in [-0.2, -0.15) is 0 Å². The van der Waals surface area contributed by atoms with Crippen molar-refractivity contribution >= 4 is 5.91 Å². The molecule has 5 heteroatoms. The summed E-state index contributed by atoms with van der Waals surface area (Å²) in [5.41, 5.74) is 2.86. The summed E-state index contributed by atoms with van der Waals surface area (Å²) in [6, 6.07) is 9.77. The highest BCUT2D eigenvalue weighted by Crippen LogP contribution is 2.25. The van der Waals surface area contributed by atoms with Gasteiger partial charge in [0.25, 0.3) is 0 Å². The van der Waals surface area contributed by atoms with Crippen LogP contribution in [0.3, 0.4) is 0 Å². The lowest BCUT2D eigenvalue weighted by Gasteiger charge is -2.41. The minimum atomic E-state index is 0.204. The summed E-state index contributed by atoms with van der Waals surface area (Å²) in [4.78, 5) is 17.9. The SMILES string of the molecule is Cc1ccccc1CN1CCC(N2CCC(C(=O)NC3CCOCC3)CC2)CC1. The zero-order chi connectivity index (χ0) is 20.1. The highest BCUT2D eigenvalue weighted by atomic mass is 16.5. The Morgan fingerprint density at radius 3 is 2.38 bits per heavy atom. The van der Waals surface area contributed by atoms with E-state index in [0.717, 1.165) is 58.5 Å². The van der Waals surface area contributed by atoms with Crippen LogP contribution in [0.4, 0.5) is 0 Å². The molecular weight excluding hydrogens is 362 g/mol. The summed E-state index contributed by atoms with van der Waals surface area (Å²) in [7, 11) is 0. The summed E-state index contributed by atoms with van der Waals surface area (Å²) < 4.78 is 5.39. The van der Waals surface area contributed by atoms with E-state index in [4.69, 9.17) is 4.74 Å². The van der Waals surface area contributed by atoms with Crippen LogP contribution in [-0.4, -0.2) is 67.2 Å². The molecule has 29 heavy (non-hydrogen) atoms. The lowest BCUT2D eigenvalue weighted by atomic mass is 9.92. The van der Waals surface area contributed by atoms with Crippen molar-refractivity contribution in [3.05, 3.63) is 35.4 Å². The normalized spacial score (nSPS) is 23.9. The first-order valence-corrected chi connectivity index (χ1v) is 11.6. The van der Waals surface area contributed by atoms with Gasteiger partial charge in [0.1, 0.15) is 0 Å². The molecule has 1 amide bonds. The second kappa shape index (κ2) is 10.1. The molecule has 0 saturated carbocycles. The molecule has 3 fully saturated rings. The van der Waals surface area contributed by atoms with Crippen LogP contribution < -0.4 is 5.32 Å². The van der Waals surface area contributed by atoms with Crippen molar-refractivity contribution in [1.82, 2.24) is 15.1 Å². The van der Waals surface area contributed by atoms with Crippen LogP contribution in [0.25, 0.3) is 0 Å². The largest absolute Gasteiger partial charge is 0.381 e. The van der Waals surface area contributed by atoms with Crippen molar-refractivity contribution < 1.29 is 9.53 Å². The molecule has 3 aliphatic heterocycles. The third-order valence-electron chi connectivity index (χ3n) is 7.20. The number of carbonyl (C=O) groups excluding carboxylic acids is 1. The fourth-order valence-corrected chi connectivity index (χ4v) is 5.16. The van der Waals surface area contributed by atoms with Crippen LogP contribution in [0, 0.1) is 12.8 Å². The Hall–Kier alpha value is -1.43. The molecule has 0 atom stereocenters. The predicted molar refractivity (Wildman–Crippen MR) is 116 cm³/mol. The maximum Gasteiger partial charge on any atom is 0.223 e. The standard InChI is InChI=1S/C24H37N3O2/c1-19-4-2-3-5-21(19)18-26-12-8-23(9-13-26)27-14-6-20(7-15-27)24(28)25-22-10-16-29-17-11-22/h2-5,20,22-23H,6-18H2,1H3,(H,25,28). The minimum absolute atomic E-state index is 0.204. The van der Waals surface area contributed by atoms with Crippen LogP contribution in [0.5, 0.6) is 0 Å². The summed E-state index contributed by atoms with van der Waals surface area (Å²) in [6.45, 7) is 9.38. The molecule has 0 aromatic heterocycles. The van der Waals surface area contributed by atoms with Gasteiger partial charge in [-0.25, -0.2) is 0 Å². The second-order valence-corrected chi connectivity index (χ2v) is 9.14. The zero-order valence-electron chi connectivity index (χ0n) is 17.9. The molecule has 0 bridgehead atoms. The van der Waals surface area contributed by atoms with E-state index in [-0.39, 0.29) is 11.8 Å². The maximum atomic E-state index is 12.6. The molecule has 0 unspecified atom stereocenters. The number of hydrogen-bond acceptors (Lipinski definition) is 4. The number of amides is 1. The molecule has 3 heterocycles. The van der Waals surface area contributed by atoms with Gasteiger partial charge in [-0.05, 0) is 82.8 Å². The van der Waals surface area contributed by atoms with Gasteiger partial charge in [-0.1, -0.05) is 24.3 Å². The molecule has 1 aromatic carbocycles. The van der Waals surface area contributed by atoms with E-state index < -0.39 is 0 Å². The van der Waals surface area contributed by atoms with Crippen LogP contribution in [0.15, 0.2) is 24.3 Å². The van der Waals surface area contributed by atoms with E-state index in [1.54, 1.807) is 0 Å². The van der Waals surface area contributed by atoms with Gasteiger partial charge in [-0.3, -0.25) is 9.69 Å². The van der Waals surface area contributed by atoms with E-state index in [2.05, 4.69) is 46.3 Å². The van der Waals surface area contributed by atoms with Crippen molar-refractivity contribution in [3.8, 4) is 0 Å². The monoisotopic (exact) mass is 399 g/mol. The summed E-state index contributed by atoms with van der Waals surface area (Å²) in [5.74, 6) is 0.486. The van der Waals surface area contributed by atoms with E-state index in [9.17, 15) is 4.79 Å². The average Bonchev–Trinajstić information content (AvgIpc) is 2.77. The molecule has 0 aliphatic carbocycles. The smallest absolute Gasteiger partial charge is 0.223 e. The number of piperidine rings is 2. The lowest BCUT2D eigenvalue weighted by molar-refractivity contribution is -0.128. The quantitative estimate of drug-likeness (QED) is 0.827. The average molecular weight is 400 g/mol. The summed E-state index contributed by atoms with van der Waals surface area (Å²) in [5, 5.41) is 3.27. The van der Waals surface area contributed by atoms with E-state index in [1.165, 1.54) is 37.1 Å². The fraction of sp³-hybridized carbons (Fsp3) is 0.708. The number of likely N-dealkylation sites (tertiary alicyclic amines) is 2. The molecule has 0 radical (unpaired) electrons. The Morgan fingerprint density at radius 1 is 1.00 bits per heavy atom. The minimum Gasteiger partial charge on any atom is -0.381 e. The number of carbonyl (C=O) groups is 1. The van der Waals surface area contributed by atoms with Crippen LogP contribution in [0.1, 0.15) is 49.7 Å². The highest BCUT2D eigenvalue weighted by molar-refractivity contribution is 5.79. The number of hydrogen-bond donors (Lipinski definition) is 1. The Balaban J connectivity index is 1.18. The van der Waals surface area contributed by atoms with Gasteiger partial charge in [0.2, 0.25) is 5.91 Å². The Kier molecular flexibility index (Phi) is 7.22. The van der Waals surface area contributed by atoms with Gasteiger partial charge in [0, 0.05) is 37.8 Å². The molecule has 1 N–H and O–H groups in total. The number of nitrogens with zero attached hydrogens (tertiary/aromatic N) is 2. The van der Waals surface area contributed by atoms with Crippen molar-refractivity contribution in [2.75, 3.05) is 39.4 Å². The maximum absolute atomic E-state index is 12.6. The first-order chi connectivity index (χ1) is 14.2. The highest BCUT2D eigenvalue weighted by Gasteiger charge is 2.31. The summed E-state index contributed by atoms with van der Waals surface area (Å²) in [6.07, 6.45) is 6.46. The molecule has 0 spiro atoms. The van der Waals surface area contributed by atoms with E-state index in [0.29, 0.717) is 12.1 Å². The topological polar surface area (TPSA) is 44.8 Å². The third-order valence-corrected chi connectivity index (χ3v) is 7.20. The van der Waals surface area contributed by atoms with E-state index >= 15 is 0 Å². The van der Waals surface area contributed by atoms with Crippen molar-refractivity contribution in [1.29, 1.82) is 0 Å². The van der Waals surface area contributed by atoms with Gasteiger partial charge < -0.3 is 15.0 Å². The van der Waals surface area contributed by atoms with Crippen LogP contribution in [-0.2, 0) is 16.1 Å². The fourth-order valence-electron chi connectivity index (χ4n) is 5.16. The van der Waals surface area contributed by atoms with Crippen molar-refractivity contribution in [3.63, 3.8) is 0 Å². The third kappa shape index (κ3) is 5.59. The Morgan fingerprint density at radius 2 is 1.69 bits per heavy atom. The second-order valence-electron chi connectivity index (χ2n) is 9.14.